The number of carboxylic acid groups (broad SMARTS) is 1. The average molecular weight is 510 g/mol. The zero-order valence-corrected chi connectivity index (χ0v) is 21.7. The number of carbonyl (C=O) groups excluding carboxylic acids is 1. The second-order valence-corrected chi connectivity index (χ2v) is 9.98. The van der Waals surface area contributed by atoms with Crippen LogP contribution >= 0.6 is 0 Å². The van der Waals surface area contributed by atoms with Crippen LogP contribution in [0.4, 0.5) is 30.6 Å². The molecule has 0 unspecified atom stereocenters. The Morgan fingerprint density at radius 2 is 1.51 bits per heavy atom. The number of aromatic carboxylic acids is 1. The molecule has 0 atom stereocenters. The first kappa shape index (κ1) is 27.6. The molecule has 0 aromatic heterocycles. The summed E-state index contributed by atoms with van der Waals surface area (Å²) in [6, 6.07) is 12.7. The van der Waals surface area contributed by atoms with Crippen LogP contribution < -0.4 is 15.5 Å². The number of carbonyl (C=O) groups is 2. The number of rotatable bonds is 9. The molecule has 37 heavy (non-hydrogen) atoms. The van der Waals surface area contributed by atoms with Crippen molar-refractivity contribution in [2.75, 3.05) is 28.6 Å². The highest BCUT2D eigenvalue weighted by Crippen LogP contribution is 2.35. The molecule has 0 saturated heterocycles. The van der Waals surface area contributed by atoms with Gasteiger partial charge in [-0.1, -0.05) is 51.5 Å². The van der Waals surface area contributed by atoms with Crippen LogP contribution in [-0.4, -0.2) is 30.2 Å². The Morgan fingerprint density at radius 1 is 0.865 bits per heavy atom. The predicted molar refractivity (Wildman–Crippen MR) is 144 cm³/mol. The molecule has 0 aliphatic rings. The molecule has 8 heteroatoms. The van der Waals surface area contributed by atoms with Crippen molar-refractivity contribution >= 4 is 29.1 Å². The van der Waals surface area contributed by atoms with Crippen LogP contribution in [0.2, 0.25) is 0 Å². The van der Waals surface area contributed by atoms with Crippen LogP contribution in [-0.2, 0) is 0 Å². The van der Waals surface area contributed by atoms with Gasteiger partial charge in [0, 0.05) is 19.2 Å². The van der Waals surface area contributed by atoms with E-state index in [0.717, 1.165) is 36.5 Å². The molecule has 0 aliphatic carbocycles. The van der Waals surface area contributed by atoms with Gasteiger partial charge in [-0.25, -0.2) is 18.4 Å². The van der Waals surface area contributed by atoms with Gasteiger partial charge in [-0.15, -0.1) is 0 Å². The lowest BCUT2D eigenvalue weighted by Gasteiger charge is -2.31. The van der Waals surface area contributed by atoms with Gasteiger partial charge in [0.15, 0.2) is 0 Å². The Morgan fingerprint density at radius 3 is 2.11 bits per heavy atom. The summed E-state index contributed by atoms with van der Waals surface area (Å²) in [4.78, 5) is 27.0. The Balaban J connectivity index is 2.08. The van der Waals surface area contributed by atoms with Crippen molar-refractivity contribution in [2.24, 2.45) is 11.8 Å². The summed E-state index contributed by atoms with van der Waals surface area (Å²) >= 11 is 0. The van der Waals surface area contributed by atoms with Crippen LogP contribution in [0.25, 0.3) is 11.1 Å². The largest absolute Gasteiger partial charge is 0.478 e. The number of anilines is 3. The zero-order valence-electron chi connectivity index (χ0n) is 21.7. The molecule has 0 bridgehead atoms. The summed E-state index contributed by atoms with van der Waals surface area (Å²) in [7, 11) is 0. The Kier molecular flexibility index (Phi) is 8.86. The zero-order chi connectivity index (χ0) is 27.3. The first-order chi connectivity index (χ1) is 17.4. The van der Waals surface area contributed by atoms with Gasteiger partial charge in [-0.2, -0.15) is 0 Å². The van der Waals surface area contributed by atoms with Crippen molar-refractivity contribution in [3.63, 3.8) is 0 Å². The van der Waals surface area contributed by atoms with E-state index in [2.05, 4.69) is 43.2 Å². The molecule has 3 aromatic carbocycles. The number of nitrogens with one attached hydrogen (secondary N) is 2. The maximum Gasteiger partial charge on any atom is 0.336 e. The van der Waals surface area contributed by atoms with Gasteiger partial charge >= 0.3 is 12.0 Å². The third kappa shape index (κ3) is 7.29. The summed E-state index contributed by atoms with van der Waals surface area (Å²) in [6.45, 7) is 11.7. The minimum atomic E-state index is -1.06. The third-order valence-corrected chi connectivity index (χ3v) is 5.65. The molecule has 196 valence electrons. The molecule has 0 saturated carbocycles. The van der Waals surface area contributed by atoms with E-state index < -0.39 is 23.6 Å². The number of benzene rings is 3. The van der Waals surface area contributed by atoms with E-state index in [9.17, 15) is 23.5 Å². The normalized spacial score (nSPS) is 11.1. The highest BCUT2D eigenvalue weighted by atomic mass is 19.1. The summed E-state index contributed by atoms with van der Waals surface area (Å²) < 4.78 is 27.4. The lowest BCUT2D eigenvalue weighted by molar-refractivity contribution is 0.0697. The van der Waals surface area contributed by atoms with Gasteiger partial charge < -0.3 is 20.6 Å². The van der Waals surface area contributed by atoms with Crippen LogP contribution in [0.5, 0.6) is 0 Å². The van der Waals surface area contributed by atoms with Crippen molar-refractivity contribution < 1.29 is 23.5 Å². The molecule has 0 fully saturated rings. The second kappa shape index (κ2) is 11.9. The lowest BCUT2D eigenvalue weighted by atomic mass is 9.96. The Hall–Kier alpha value is -3.94. The minimum absolute atomic E-state index is 0.142. The number of amides is 2. The molecule has 0 aliphatic heterocycles. The number of urea groups is 1. The van der Waals surface area contributed by atoms with Crippen LogP contribution in [0.3, 0.4) is 0 Å². The third-order valence-electron chi connectivity index (χ3n) is 5.65. The number of nitrogens with zero attached hydrogens (tertiary/aromatic N) is 1. The summed E-state index contributed by atoms with van der Waals surface area (Å²) in [5.74, 6) is -2.02. The summed E-state index contributed by atoms with van der Waals surface area (Å²) in [5, 5.41) is 15.0. The highest BCUT2D eigenvalue weighted by Gasteiger charge is 2.19. The van der Waals surface area contributed by atoms with E-state index in [4.69, 9.17) is 0 Å². The van der Waals surface area contributed by atoms with Gasteiger partial charge in [-0.05, 0) is 60.2 Å². The lowest BCUT2D eigenvalue weighted by Crippen LogP contribution is -2.32. The molecular formula is C29H33F2N3O3. The fraction of sp³-hybridized carbons (Fsp3) is 0.310. The van der Waals surface area contributed by atoms with Gasteiger partial charge in [0.1, 0.15) is 11.6 Å². The Labute approximate surface area is 216 Å². The molecule has 0 heterocycles. The van der Waals surface area contributed by atoms with Crippen molar-refractivity contribution in [3.8, 4) is 11.1 Å². The number of hydrogen-bond donors (Lipinski definition) is 3. The fourth-order valence-corrected chi connectivity index (χ4v) is 4.18. The average Bonchev–Trinajstić information content (AvgIpc) is 2.79. The van der Waals surface area contributed by atoms with E-state index in [-0.39, 0.29) is 11.3 Å². The number of halogens is 2. The molecule has 0 spiro atoms. The quantitative estimate of drug-likeness (QED) is 0.281. The molecule has 0 radical (unpaired) electrons. The van der Waals surface area contributed by atoms with Crippen molar-refractivity contribution in [3.05, 3.63) is 77.4 Å². The van der Waals surface area contributed by atoms with Crippen LogP contribution in [0.1, 0.15) is 43.6 Å². The molecule has 6 nitrogen and oxygen atoms in total. The van der Waals surface area contributed by atoms with E-state index >= 15 is 0 Å². The highest BCUT2D eigenvalue weighted by molar-refractivity contribution is 6.03. The standard InChI is InChI=1S/C29H33F2N3O3/c1-17(2)15-34(16-18(3)4)27-11-7-20(23-12-19(5)6-9-22(23)28(35)36)13-26(27)33-29(37)32-25-10-8-21(30)14-24(25)31/h6-14,17-18H,15-16H2,1-5H3,(H,35,36)(H2,32,33,37). The first-order valence-electron chi connectivity index (χ1n) is 12.2. The number of aryl methyl sites for hydroxylation is 1. The maximum absolute atomic E-state index is 14.1. The molecule has 2 amide bonds. The smallest absolute Gasteiger partial charge is 0.336 e. The minimum Gasteiger partial charge on any atom is -0.478 e. The van der Waals surface area contributed by atoms with Crippen LogP contribution in [0.15, 0.2) is 54.6 Å². The SMILES string of the molecule is Cc1ccc(C(=O)O)c(-c2ccc(N(CC(C)C)CC(C)C)c(NC(=O)Nc3ccc(F)cc3F)c2)c1. The van der Waals surface area contributed by atoms with Crippen molar-refractivity contribution in [2.45, 2.75) is 34.6 Å². The van der Waals surface area contributed by atoms with Gasteiger partial charge in [0.2, 0.25) is 0 Å². The van der Waals surface area contributed by atoms with Gasteiger partial charge in [-0.3, -0.25) is 0 Å². The van der Waals surface area contributed by atoms with E-state index in [1.54, 1.807) is 24.3 Å². The van der Waals surface area contributed by atoms with E-state index in [1.165, 1.54) is 0 Å². The second-order valence-electron chi connectivity index (χ2n) is 9.98. The van der Waals surface area contributed by atoms with Gasteiger partial charge in [0.05, 0.1) is 22.6 Å². The van der Waals surface area contributed by atoms with Crippen LogP contribution in [0, 0.1) is 30.4 Å². The van der Waals surface area contributed by atoms with E-state index in [0.29, 0.717) is 34.7 Å². The maximum atomic E-state index is 14.1. The van der Waals surface area contributed by atoms with Crippen molar-refractivity contribution in [1.82, 2.24) is 0 Å². The predicted octanol–water partition coefficient (Wildman–Crippen LogP) is 7.40. The topological polar surface area (TPSA) is 81.7 Å². The summed E-state index contributed by atoms with van der Waals surface area (Å²) in [6.07, 6.45) is 0. The molecule has 3 rings (SSSR count). The summed E-state index contributed by atoms with van der Waals surface area (Å²) in [5.41, 5.74) is 3.20. The monoisotopic (exact) mass is 509 g/mol. The molecule has 3 N–H and O–H groups in total. The van der Waals surface area contributed by atoms with E-state index in [1.807, 2.05) is 19.1 Å². The van der Waals surface area contributed by atoms with Gasteiger partial charge in [0.25, 0.3) is 0 Å². The Bertz CT molecular complexity index is 1280. The number of carboxylic acids is 1. The number of hydrogen-bond acceptors (Lipinski definition) is 3. The first-order valence-corrected chi connectivity index (χ1v) is 12.2. The molecular weight excluding hydrogens is 476 g/mol. The van der Waals surface area contributed by atoms with Crippen molar-refractivity contribution in [1.29, 1.82) is 0 Å². The molecule has 3 aromatic rings. The fourth-order valence-electron chi connectivity index (χ4n) is 4.18.